The van der Waals surface area contributed by atoms with Crippen molar-refractivity contribution in [2.45, 2.75) is 19.9 Å². The van der Waals surface area contributed by atoms with E-state index < -0.39 is 0 Å². The van der Waals surface area contributed by atoms with Crippen LogP contribution in [0.5, 0.6) is 0 Å². The van der Waals surface area contributed by atoms with Gasteiger partial charge in [-0.3, -0.25) is 15.1 Å². The monoisotopic (exact) mass is 397 g/mol. The fraction of sp³-hybridized carbons (Fsp3) is 0.556. The highest BCUT2D eigenvalue weighted by Crippen LogP contribution is 1.88. The third-order valence-corrected chi connectivity index (χ3v) is 2.77. The van der Waals surface area contributed by atoms with Crippen LogP contribution in [0.3, 0.4) is 0 Å². The maximum Gasteiger partial charge on any atom is 0.220 e. The Kier molecular flexibility index (Phi) is 17.1. The van der Waals surface area contributed by atoms with Gasteiger partial charge in [-0.15, -0.1) is 0 Å². The lowest BCUT2D eigenvalue weighted by molar-refractivity contribution is 0.562. The molecule has 0 bridgehead atoms. The lowest BCUT2D eigenvalue weighted by atomic mass is 10.4. The van der Waals surface area contributed by atoms with E-state index in [0.717, 1.165) is 11.9 Å². The molecule has 0 aliphatic carbocycles. The molecular weight excluding hydrogens is 356 g/mol. The highest BCUT2D eigenvalue weighted by molar-refractivity contribution is 5.80. The van der Waals surface area contributed by atoms with E-state index in [0.29, 0.717) is 6.04 Å². The van der Waals surface area contributed by atoms with Crippen molar-refractivity contribution in [1.29, 1.82) is 0 Å². The first-order valence-corrected chi connectivity index (χ1v) is 8.89. The van der Waals surface area contributed by atoms with Gasteiger partial charge in [0, 0.05) is 74.5 Å². The van der Waals surface area contributed by atoms with Crippen LogP contribution in [0.4, 0.5) is 0 Å². The predicted octanol–water partition coefficient (Wildman–Crippen LogP) is 1.04. The van der Waals surface area contributed by atoms with Crippen LogP contribution in [0, 0.1) is 0 Å². The van der Waals surface area contributed by atoms with Crippen LogP contribution in [0.1, 0.15) is 15.3 Å². The van der Waals surface area contributed by atoms with Gasteiger partial charge in [0.15, 0.2) is 5.96 Å². The zero-order valence-electron chi connectivity index (χ0n) is 18.7. The molecule has 2 aromatic heterocycles. The van der Waals surface area contributed by atoms with Crippen LogP contribution >= 0.6 is 0 Å². The summed E-state index contributed by atoms with van der Waals surface area (Å²) in [5.74, 6) is 1.75. The summed E-state index contributed by atoms with van der Waals surface area (Å²) in [5.41, 5.74) is 4.50. The lowest BCUT2D eigenvalue weighted by Crippen LogP contribution is -2.40. The molecule has 0 saturated heterocycles. The van der Waals surface area contributed by atoms with Gasteiger partial charge in [-0.2, -0.15) is 10.2 Å². The molecule has 10 heteroatoms. The summed E-state index contributed by atoms with van der Waals surface area (Å²) in [4.78, 5) is 12.0. The molecule has 0 unspecified atom stereocenters. The second kappa shape index (κ2) is 17.5. The summed E-state index contributed by atoms with van der Waals surface area (Å²) in [6.07, 6.45) is 7.05. The highest BCUT2D eigenvalue weighted by Gasteiger charge is 2.01. The fourth-order valence-corrected chi connectivity index (χ4v) is 1.76. The molecule has 0 radical (unpaired) electrons. The molecule has 0 spiro atoms. The average molecular weight is 398 g/mol. The summed E-state index contributed by atoms with van der Waals surface area (Å²) < 4.78 is 1.72. The van der Waals surface area contributed by atoms with Gasteiger partial charge in [0.05, 0.1) is 0 Å². The molecule has 0 aromatic carbocycles. The predicted molar refractivity (Wildman–Crippen MR) is 121 cm³/mol. The van der Waals surface area contributed by atoms with Crippen LogP contribution in [0.2, 0.25) is 0 Å². The van der Waals surface area contributed by atoms with Gasteiger partial charge in [-0.1, -0.05) is 0 Å². The van der Waals surface area contributed by atoms with Crippen molar-refractivity contribution >= 4 is 11.9 Å². The lowest BCUT2D eigenvalue weighted by Gasteiger charge is -2.18. The van der Waals surface area contributed by atoms with Crippen LogP contribution in [0.15, 0.2) is 46.9 Å². The number of aromatic amines is 1. The summed E-state index contributed by atoms with van der Waals surface area (Å²) in [7, 11) is 12.8. The molecule has 28 heavy (non-hydrogen) atoms. The summed E-state index contributed by atoms with van der Waals surface area (Å²) in [6.45, 7) is 4.18. The minimum atomic E-state index is 0. The third-order valence-electron chi connectivity index (χ3n) is 2.77. The number of nitrogens with zero attached hydrogens (tertiary/aromatic N) is 7. The van der Waals surface area contributed by atoms with Crippen molar-refractivity contribution in [3.05, 3.63) is 36.9 Å². The molecule has 0 aliphatic rings. The Labute approximate surface area is 171 Å². The Morgan fingerprint density at radius 2 is 1.71 bits per heavy atom. The number of nitrogens with two attached hydrogens (primary N) is 1. The molecule has 0 fully saturated rings. The van der Waals surface area contributed by atoms with Gasteiger partial charge in [-0.25, -0.2) is 4.68 Å². The molecule has 0 saturated carbocycles. The zero-order chi connectivity index (χ0) is 21.9. The Balaban J connectivity index is -0.000000346. The molecule has 2 heterocycles. The topological polar surface area (TPSA) is 116 Å². The normalized spacial score (nSPS) is 10.5. The highest BCUT2D eigenvalue weighted by atomic mass is 15.4. The summed E-state index contributed by atoms with van der Waals surface area (Å²) in [6, 6.07) is 4.15. The van der Waals surface area contributed by atoms with Crippen LogP contribution in [-0.2, 0) is 0 Å². The largest absolute Gasteiger partial charge is 0.354 e. The van der Waals surface area contributed by atoms with Crippen molar-refractivity contribution in [2.24, 2.45) is 15.7 Å². The van der Waals surface area contributed by atoms with Crippen LogP contribution < -0.4 is 11.1 Å². The molecule has 4 N–H and O–H groups in total. The molecule has 2 aromatic rings. The van der Waals surface area contributed by atoms with Crippen molar-refractivity contribution in [1.82, 2.24) is 35.1 Å². The number of rotatable bonds is 1. The van der Waals surface area contributed by atoms with E-state index in [1.807, 2.05) is 56.3 Å². The standard InChI is InChI=1S/C7H12N4.C7H17N3.C3H4N2.CH5N.H2/c1-8-7(10(2)3)11-6-4-5-9-11;1-6(2)9-7(8-3)10(4)5;1-2-4-5-3-1;1-2;/h4-6H,1-3H3;6H,1-5H3,(H,8,9);1-3H,(H,4,5);2H2,1H3;1H/i;;;;1+1. The Morgan fingerprint density at radius 1 is 1.07 bits per heavy atom. The number of aliphatic imine (C=N–C) groups is 2. The maximum atomic E-state index is 4.50. The molecule has 10 nitrogen and oxygen atoms in total. The molecule has 0 amide bonds. The number of guanidine groups is 1. The third kappa shape index (κ3) is 13.3. The number of hydrogen-bond donors (Lipinski definition) is 3. The SMILES string of the molecule is CN.CN=C(N(C)C)n1cccn1.CN=C(NC(C)C)N(C)C.[2HH].c1cn[nH]c1. The van der Waals surface area contributed by atoms with E-state index in [4.69, 9.17) is 0 Å². The summed E-state index contributed by atoms with van der Waals surface area (Å²) in [5, 5.41) is 13.5. The Hall–Kier alpha value is -2.88. The van der Waals surface area contributed by atoms with Gasteiger partial charge < -0.3 is 20.9 Å². The average Bonchev–Trinajstić information content (AvgIpc) is 3.38. The van der Waals surface area contributed by atoms with Gasteiger partial charge in [0.25, 0.3) is 0 Å². The zero-order valence-corrected chi connectivity index (χ0v) is 18.7. The minimum Gasteiger partial charge on any atom is -0.354 e. The van der Waals surface area contributed by atoms with E-state index in [1.165, 1.54) is 7.05 Å². The number of H-pyrrole nitrogens is 1. The number of nitrogens with one attached hydrogen (secondary N) is 2. The second-order valence-corrected chi connectivity index (χ2v) is 5.88. The molecule has 0 aliphatic heterocycles. The van der Waals surface area contributed by atoms with E-state index in [2.05, 4.69) is 50.2 Å². The Morgan fingerprint density at radius 3 is 1.93 bits per heavy atom. The molecule has 2 rings (SSSR count). The molecular formula is C18H40N10. The first-order chi connectivity index (χ1) is 13.3. The van der Waals surface area contributed by atoms with Crippen LogP contribution in [0.25, 0.3) is 0 Å². The summed E-state index contributed by atoms with van der Waals surface area (Å²) >= 11 is 0. The fourth-order valence-electron chi connectivity index (χ4n) is 1.76. The smallest absolute Gasteiger partial charge is 0.220 e. The van der Waals surface area contributed by atoms with Crippen molar-refractivity contribution in [2.75, 3.05) is 49.3 Å². The minimum absolute atomic E-state index is 0. The van der Waals surface area contributed by atoms with Gasteiger partial charge in [-0.05, 0) is 33.0 Å². The van der Waals surface area contributed by atoms with Gasteiger partial charge in [0.1, 0.15) is 0 Å². The van der Waals surface area contributed by atoms with E-state index >= 15 is 0 Å². The van der Waals surface area contributed by atoms with E-state index in [1.54, 1.807) is 37.4 Å². The first kappa shape index (κ1) is 27.3. The van der Waals surface area contributed by atoms with Gasteiger partial charge >= 0.3 is 0 Å². The Bertz CT molecular complexity index is 587. The molecule has 162 valence electrons. The van der Waals surface area contributed by atoms with E-state index in [-0.39, 0.29) is 1.43 Å². The van der Waals surface area contributed by atoms with E-state index in [9.17, 15) is 0 Å². The van der Waals surface area contributed by atoms with Crippen molar-refractivity contribution in [3.8, 4) is 0 Å². The molecule has 0 atom stereocenters. The maximum absolute atomic E-state index is 4.50. The van der Waals surface area contributed by atoms with Crippen molar-refractivity contribution in [3.63, 3.8) is 0 Å². The van der Waals surface area contributed by atoms with Crippen LogP contribution in [-0.4, -0.2) is 97.1 Å². The quantitative estimate of drug-likeness (QED) is 0.489. The first-order valence-electron chi connectivity index (χ1n) is 8.89. The second-order valence-electron chi connectivity index (χ2n) is 5.88. The number of aromatic nitrogens is 4. The number of hydrogen-bond acceptors (Lipinski definition) is 5. The van der Waals surface area contributed by atoms with Gasteiger partial charge in [0.2, 0.25) is 5.96 Å². The van der Waals surface area contributed by atoms with Crippen molar-refractivity contribution < 1.29 is 1.43 Å².